The van der Waals surface area contributed by atoms with Gasteiger partial charge in [-0.2, -0.15) is 0 Å². The summed E-state index contributed by atoms with van der Waals surface area (Å²) in [5.41, 5.74) is 1.13. The molecule has 0 aliphatic carbocycles. The molecule has 0 saturated carbocycles. The molecule has 0 aromatic heterocycles. The molecule has 0 spiro atoms. The number of nitrogens with zero attached hydrogens (tertiary/aromatic N) is 1. The molecule has 0 unspecified atom stereocenters. The molecule has 0 fully saturated rings. The smallest absolute Gasteiger partial charge is 0.273 e. The van der Waals surface area contributed by atoms with Crippen molar-refractivity contribution in [3.8, 4) is 11.5 Å². The number of halogens is 1. The number of carbonyl (C=O) groups is 1. The number of anilines is 1. The van der Waals surface area contributed by atoms with Gasteiger partial charge in [0.05, 0.1) is 23.8 Å². The number of amides is 1. The number of benzene rings is 2. The van der Waals surface area contributed by atoms with Crippen LogP contribution in [0.5, 0.6) is 11.5 Å². The number of ether oxygens (including phenoxy) is 2. The molecule has 0 aliphatic heterocycles. The monoisotopic (exact) mass is 364 g/mol. The van der Waals surface area contributed by atoms with E-state index in [1.54, 1.807) is 32.0 Å². The second kappa shape index (κ2) is 7.85. The second-order valence-electron chi connectivity index (χ2n) is 5.31. The van der Waals surface area contributed by atoms with Crippen LogP contribution < -0.4 is 14.8 Å². The zero-order chi connectivity index (χ0) is 18.6. The molecule has 0 heterocycles. The van der Waals surface area contributed by atoms with Gasteiger partial charge >= 0.3 is 0 Å². The van der Waals surface area contributed by atoms with E-state index in [9.17, 15) is 14.9 Å². The van der Waals surface area contributed by atoms with E-state index >= 15 is 0 Å². The molecule has 2 rings (SSSR count). The largest absolute Gasteiger partial charge is 0.495 e. The minimum absolute atomic E-state index is 0.111. The summed E-state index contributed by atoms with van der Waals surface area (Å²) in [4.78, 5) is 22.6. The molecule has 1 N–H and O–H groups in total. The molecule has 0 radical (unpaired) electrons. The lowest BCUT2D eigenvalue weighted by Crippen LogP contribution is -2.30. The van der Waals surface area contributed by atoms with Gasteiger partial charge in [-0.25, -0.2) is 0 Å². The molecule has 0 saturated heterocycles. The fourth-order valence-electron chi connectivity index (χ4n) is 2.09. The van der Waals surface area contributed by atoms with E-state index in [4.69, 9.17) is 21.1 Å². The maximum atomic E-state index is 12.3. The molecular weight excluding hydrogens is 348 g/mol. The normalized spacial score (nSPS) is 11.5. The fraction of sp³-hybridized carbons (Fsp3) is 0.235. The van der Waals surface area contributed by atoms with Crippen LogP contribution in [0.15, 0.2) is 36.4 Å². The van der Waals surface area contributed by atoms with Crippen LogP contribution in [0.25, 0.3) is 0 Å². The van der Waals surface area contributed by atoms with Gasteiger partial charge in [0.25, 0.3) is 11.6 Å². The minimum atomic E-state index is -0.873. The van der Waals surface area contributed by atoms with Gasteiger partial charge < -0.3 is 14.8 Å². The lowest BCUT2D eigenvalue weighted by atomic mass is 10.2. The number of carbonyl (C=O) groups excluding carboxylic acids is 1. The van der Waals surface area contributed by atoms with Crippen molar-refractivity contribution < 1.29 is 19.2 Å². The first kappa shape index (κ1) is 18.5. The van der Waals surface area contributed by atoms with Crippen LogP contribution in [0, 0.1) is 17.0 Å². The van der Waals surface area contributed by atoms with Gasteiger partial charge in [0.2, 0.25) is 0 Å². The molecular formula is C17H17ClN2O5. The predicted molar refractivity (Wildman–Crippen MR) is 94.6 cm³/mol. The topological polar surface area (TPSA) is 90.7 Å². The van der Waals surface area contributed by atoms with Gasteiger partial charge in [-0.05, 0) is 31.5 Å². The van der Waals surface area contributed by atoms with Gasteiger partial charge in [-0.3, -0.25) is 14.9 Å². The average molecular weight is 365 g/mol. The zero-order valence-corrected chi connectivity index (χ0v) is 14.7. The van der Waals surface area contributed by atoms with E-state index in [0.29, 0.717) is 16.5 Å². The molecule has 132 valence electrons. The molecule has 7 nitrogen and oxygen atoms in total. The Kier molecular flexibility index (Phi) is 5.82. The first-order valence-electron chi connectivity index (χ1n) is 7.38. The van der Waals surface area contributed by atoms with Gasteiger partial charge in [-0.15, -0.1) is 0 Å². The molecule has 1 atom stereocenters. The van der Waals surface area contributed by atoms with Crippen molar-refractivity contribution in [1.29, 1.82) is 0 Å². The number of nitrogens with one attached hydrogen (secondary N) is 1. The second-order valence-corrected chi connectivity index (χ2v) is 5.71. The van der Waals surface area contributed by atoms with Crippen molar-refractivity contribution in [2.45, 2.75) is 20.0 Å². The summed E-state index contributed by atoms with van der Waals surface area (Å²) in [5, 5.41) is 14.0. The molecule has 2 aromatic rings. The number of non-ortho nitro benzene ring substituents is 1. The van der Waals surface area contributed by atoms with Crippen LogP contribution in [0.1, 0.15) is 12.5 Å². The quantitative estimate of drug-likeness (QED) is 0.618. The summed E-state index contributed by atoms with van der Waals surface area (Å²) >= 11 is 6.04. The zero-order valence-electron chi connectivity index (χ0n) is 13.9. The number of methoxy groups -OCH3 is 1. The average Bonchev–Trinajstić information content (AvgIpc) is 2.58. The van der Waals surface area contributed by atoms with E-state index in [2.05, 4.69) is 5.32 Å². The lowest BCUT2D eigenvalue weighted by Gasteiger charge is -2.17. The Morgan fingerprint density at radius 1 is 1.32 bits per heavy atom. The van der Waals surface area contributed by atoms with E-state index in [1.807, 2.05) is 0 Å². The molecule has 2 aromatic carbocycles. The predicted octanol–water partition coefficient (Wildman–Crippen LogP) is 3.97. The molecule has 1 amide bonds. The lowest BCUT2D eigenvalue weighted by molar-refractivity contribution is -0.384. The van der Waals surface area contributed by atoms with Crippen LogP contribution in [0.3, 0.4) is 0 Å². The Bertz CT molecular complexity index is 810. The molecule has 0 bridgehead atoms. The Morgan fingerprint density at radius 2 is 2.04 bits per heavy atom. The molecule has 25 heavy (non-hydrogen) atoms. The van der Waals surface area contributed by atoms with E-state index in [1.165, 1.54) is 25.3 Å². The molecule has 0 aliphatic rings. The van der Waals surface area contributed by atoms with Crippen LogP contribution in [0.2, 0.25) is 5.02 Å². The number of aryl methyl sites for hydroxylation is 1. The third kappa shape index (κ3) is 4.60. The highest BCUT2D eigenvalue weighted by Gasteiger charge is 2.18. The highest BCUT2D eigenvalue weighted by molar-refractivity contribution is 6.31. The fourth-order valence-corrected chi connectivity index (χ4v) is 2.25. The van der Waals surface area contributed by atoms with Crippen LogP contribution in [-0.4, -0.2) is 24.0 Å². The number of hydrogen-bond acceptors (Lipinski definition) is 5. The maximum Gasteiger partial charge on any atom is 0.273 e. The van der Waals surface area contributed by atoms with Gasteiger partial charge in [0.15, 0.2) is 6.10 Å². The van der Waals surface area contributed by atoms with Crippen molar-refractivity contribution >= 4 is 28.9 Å². The van der Waals surface area contributed by atoms with Crippen molar-refractivity contribution in [1.82, 2.24) is 0 Å². The van der Waals surface area contributed by atoms with Crippen molar-refractivity contribution in [2.75, 3.05) is 12.4 Å². The highest BCUT2D eigenvalue weighted by atomic mass is 35.5. The van der Waals surface area contributed by atoms with Crippen LogP contribution >= 0.6 is 11.6 Å². The summed E-state index contributed by atoms with van der Waals surface area (Å²) in [7, 11) is 1.47. The van der Waals surface area contributed by atoms with Crippen molar-refractivity contribution in [2.24, 2.45) is 0 Å². The summed E-state index contributed by atoms with van der Waals surface area (Å²) in [6.45, 7) is 3.35. The summed E-state index contributed by atoms with van der Waals surface area (Å²) in [6.07, 6.45) is -0.873. The van der Waals surface area contributed by atoms with Gasteiger partial charge in [0, 0.05) is 17.2 Å². The van der Waals surface area contributed by atoms with E-state index < -0.39 is 16.9 Å². The first-order chi connectivity index (χ1) is 11.8. The standard InChI is InChI=1S/C17H17ClN2O5/c1-10-7-15(16(24-3)9-14(10)18)19-17(21)11(2)25-13-6-4-5-12(8-13)20(22)23/h4-9,11H,1-3H3,(H,19,21)/t11-/m1/s1. The third-order valence-corrected chi connectivity index (χ3v) is 3.86. The number of nitro groups is 1. The van der Waals surface area contributed by atoms with Gasteiger partial charge in [-0.1, -0.05) is 17.7 Å². The Labute approximate surface area is 149 Å². The summed E-state index contributed by atoms with van der Waals surface area (Å²) in [6, 6.07) is 8.95. The number of hydrogen-bond donors (Lipinski definition) is 1. The highest BCUT2D eigenvalue weighted by Crippen LogP contribution is 2.31. The third-order valence-electron chi connectivity index (χ3n) is 3.45. The summed E-state index contributed by atoms with van der Waals surface area (Å²) < 4.78 is 10.7. The van der Waals surface area contributed by atoms with Gasteiger partial charge in [0.1, 0.15) is 11.5 Å². The van der Waals surface area contributed by atoms with E-state index in [-0.39, 0.29) is 11.4 Å². The minimum Gasteiger partial charge on any atom is -0.495 e. The van der Waals surface area contributed by atoms with Crippen molar-refractivity contribution in [3.63, 3.8) is 0 Å². The maximum absolute atomic E-state index is 12.3. The summed E-state index contributed by atoms with van der Waals surface area (Å²) in [5.74, 6) is 0.231. The Hall–Kier alpha value is -2.80. The first-order valence-corrected chi connectivity index (χ1v) is 7.75. The van der Waals surface area contributed by atoms with Crippen molar-refractivity contribution in [3.05, 3.63) is 57.1 Å². The molecule has 8 heteroatoms. The van der Waals surface area contributed by atoms with E-state index in [0.717, 1.165) is 5.56 Å². The Balaban J connectivity index is 2.12. The Morgan fingerprint density at radius 3 is 2.68 bits per heavy atom. The number of nitro benzene ring substituents is 1. The van der Waals surface area contributed by atoms with Crippen LogP contribution in [-0.2, 0) is 4.79 Å². The number of rotatable bonds is 6. The SMILES string of the molecule is COc1cc(Cl)c(C)cc1NC(=O)[C@@H](C)Oc1cccc([N+](=O)[O-])c1. The van der Waals surface area contributed by atoms with Crippen LogP contribution in [0.4, 0.5) is 11.4 Å².